The van der Waals surface area contributed by atoms with Gasteiger partial charge in [0.15, 0.2) is 0 Å². The average molecular weight is 294 g/mol. The molecule has 4 aromatic carbocycles. The van der Waals surface area contributed by atoms with E-state index < -0.39 is 0 Å². The summed E-state index contributed by atoms with van der Waals surface area (Å²) in [6.07, 6.45) is 0. The molecule has 0 bridgehead atoms. The maximum atomic E-state index is 3.55. The minimum atomic E-state index is 1.04. The number of para-hydroxylation sites is 2. The normalized spacial score (nSPS) is 10.6. The van der Waals surface area contributed by atoms with Crippen LogP contribution in [0.4, 0.5) is 17.1 Å². The van der Waals surface area contributed by atoms with Gasteiger partial charge in [-0.2, -0.15) is 0 Å². The van der Waals surface area contributed by atoms with E-state index in [0.717, 1.165) is 22.4 Å². The van der Waals surface area contributed by atoms with Gasteiger partial charge in [0.05, 0.1) is 5.69 Å². The van der Waals surface area contributed by atoms with Crippen LogP contribution >= 0.6 is 0 Å². The molecule has 0 unspecified atom stereocenters. The van der Waals surface area contributed by atoms with Crippen molar-refractivity contribution in [3.05, 3.63) is 103 Å². The summed E-state index contributed by atoms with van der Waals surface area (Å²) in [5.41, 5.74) is 3.30. The highest BCUT2D eigenvalue weighted by Crippen LogP contribution is 2.35. The van der Waals surface area contributed by atoms with E-state index >= 15 is 0 Å². The summed E-state index contributed by atoms with van der Waals surface area (Å²) >= 11 is 0. The molecule has 0 saturated carbocycles. The highest BCUT2D eigenvalue weighted by atomic mass is 15.1. The molecule has 0 N–H and O–H groups in total. The van der Waals surface area contributed by atoms with Gasteiger partial charge < -0.3 is 4.90 Å². The Kier molecular flexibility index (Phi) is 3.53. The summed E-state index contributed by atoms with van der Waals surface area (Å²) in [4.78, 5) is 2.23. The molecular weight excluding hydrogens is 278 g/mol. The summed E-state index contributed by atoms with van der Waals surface area (Å²) in [5.74, 6) is 0. The van der Waals surface area contributed by atoms with E-state index in [9.17, 15) is 0 Å². The SMILES string of the molecule is [c]1c(N(c2ccccc2)c2ccccc2)ccc2ccccc12. The molecule has 109 valence electrons. The molecule has 0 fully saturated rings. The Labute approximate surface area is 136 Å². The molecule has 1 radical (unpaired) electrons. The van der Waals surface area contributed by atoms with Gasteiger partial charge in [0, 0.05) is 17.4 Å². The van der Waals surface area contributed by atoms with Gasteiger partial charge in [0.1, 0.15) is 0 Å². The summed E-state index contributed by atoms with van der Waals surface area (Å²) in [6, 6.07) is 37.0. The number of rotatable bonds is 3. The fourth-order valence-electron chi connectivity index (χ4n) is 2.82. The van der Waals surface area contributed by atoms with Gasteiger partial charge in [-0.15, -0.1) is 0 Å². The van der Waals surface area contributed by atoms with Crippen LogP contribution in [0.15, 0.2) is 97.1 Å². The number of benzene rings is 4. The Hall–Kier alpha value is -3.06. The molecule has 0 heterocycles. The predicted molar refractivity (Wildman–Crippen MR) is 97.5 cm³/mol. The van der Waals surface area contributed by atoms with Gasteiger partial charge in [-0.1, -0.05) is 66.7 Å². The van der Waals surface area contributed by atoms with Crippen LogP contribution in [0, 0.1) is 6.07 Å². The average Bonchev–Trinajstić information content (AvgIpc) is 2.64. The summed E-state index contributed by atoms with van der Waals surface area (Å²) in [7, 11) is 0. The van der Waals surface area contributed by atoms with Crippen molar-refractivity contribution in [3.63, 3.8) is 0 Å². The lowest BCUT2D eigenvalue weighted by molar-refractivity contribution is 1.29. The van der Waals surface area contributed by atoms with E-state index in [1.54, 1.807) is 0 Å². The third kappa shape index (κ3) is 2.69. The van der Waals surface area contributed by atoms with Crippen LogP contribution in [0.3, 0.4) is 0 Å². The molecular formula is C22H16N. The molecule has 0 aromatic heterocycles. The van der Waals surface area contributed by atoms with Gasteiger partial charge in [-0.05, 0) is 41.1 Å². The lowest BCUT2D eigenvalue weighted by Crippen LogP contribution is -2.09. The molecule has 0 aliphatic carbocycles. The fraction of sp³-hybridized carbons (Fsp3) is 0. The smallest absolute Gasteiger partial charge is 0.0547 e. The molecule has 4 rings (SSSR count). The molecule has 0 amide bonds. The third-order valence-electron chi connectivity index (χ3n) is 3.91. The Morgan fingerprint density at radius 2 is 1.09 bits per heavy atom. The standard InChI is InChI=1S/C22H16N/c1-3-11-20(12-4-1)23(21-13-5-2-6-14-21)22-16-15-18-9-7-8-10-19(18)17-22/h1-16H. The lowest BCUT2D eigenvalue weighted by atomic mass is 10.1. The zero-order chi connectivity index (χ0) is 15.5. The van der Waals surface area contributed by atoms with Gasteiger partial charge in [-0.3, -0.25) is 0 Å². The first-order valence-corrected chi connectivity index (χ1v) is 7.73. The maximum absolute atomic E-state index is 3.55. The van der Waals surface area contributed by atoms with Crippen molar-refractivity contribution >= 4 is 27.8 Å². The summed E-state index contributed by atoms with van der Waals surface area (Å²) in [5, 5.41) is 2.33. The first kappa shape index (κ1) is 13.6. The zero-order valence-electron chi connectivity index (χ0n) is 12.7. The molecule has 1 nitrogen and oxygen atoms in total. The van der Waals surface area contributed by atoms with E-state index in [2.05, 4.69) is 95.9 Å². The second-order valence-corrected chi connectivity index (χ2v) is 5.44. The number of nitrogens with zero attached hydrogens (tertiary/aromatic N) is 1. The van der Waals surface area contributed by atoms with E-state index in [1.165, 1.54) is 5.39 Å². The number of fused-ring (bicyclic) bond motifs is 1. The van der Waals surface area contributed by atoms with Gasteiger partial charge in [0.2, 0.25) is 0 Å². The Balaban J connectivity index is 1.90. The first-order valence-electron chi connectivity index (χ1n) is 7.73. The Morgan fingerprint density at radius 3 is 1.74 bits per heavy atom. The number of hydrogen-bond donors (Lipinski definition) is 0. The van der Waals surface area contributed by atoms with Gasteiger partial charge in [0.25, 0.3) is 0 Å². The van der Waals surface area contributed by atoms with E-state index in [4.69, 9.17) is 0 Å². The number of anilines is 3. The lowest BCUT2D eigenvalue weighted by Gasteiger charge is -2.25. The molecule has 0 aliphatic heterocycles. The second-order valence-electron chi connectivity index (χ2n) is 5.44. The highest BCUT2D eigenvalue weighted by molar-refractivity contribution is 5.88. The van der Waals surface area contributed by atoms with Crippen molar-refractivity contribution in [2.75, 3.05) is 4.90 Å². The quantitative estimate of drug-likeness (QED) is 0.440. The summed E-state index contributed by atoms with van der Waals surface area (Å²) in [6.45, 7) is 0. The van der Waals surface area contributed by atoms with Crippen molar-refractivity contribution in [1.82, 2.24) is 0 Å². The van der Waals surface area contributed by atoms with Gasteiger partial charge >= 0.3 is 0 Å². The van der Waals surface area contributed by atoms with Crippen molar-refractivity contribution in [3.8, 4) is 0 Å². The minimum Gasteiger partial charge on any atom is -0.310 e. The monoisotopic (exact) mass is 294 g/mol. The Bertz CT molecular complexity index is 874. The largest absolute Gasteiger partial charge is 0.310 e. The zero-order valence-corrected chi connectivity index (χ0v) is 12.7. The fourth-order valence-corrected chi connectivity index (χ4v) is 2.82. The number of hydrogen-bond acceptors (Lipinski definition) is 1. The third-order valence-corrected chi connectivity index (χ3v) is 3.91. The molecule has 0 atom stereocenters. The van der Waals surface area contributed by atoms with Crippen LogP contribution in [0.2, 0.25) is 0 Å². The predicted octanol–water partition coefficient (Wildman–Crippen LogP) is 6.11. The van der Waals surface area contributed by atoms with Crippen LogP contribution in [-0.4, -0.2) is 0 Å². The van der Waals surface area contributed by atoms with Crippen LogP contribution in [0.25, 0.3) is 10.8 Å². The van der Waals surface area contributed by atoms with Crippen molar-refractivity contribution in [2.24, 2.45) is 0 Å². The van der Waals surface area contributed by atoms with Crippen LogP contribution in [-0.2, 0) is 0 Å². The molecule has 23 heavy (non-hydrogen) atoms. The molecule has 0 spiro atoms. The maximum Gasteiger partial charge on any atom is 0.0547 e. The minimum absolute atomic E-state index is 1.04. The van der Waals surface area contributed by atoms with Crippen molar-refractivity contribution in [2.45, 2.75) is 0 Å². The van der Waals surface area contributed by atoms with Crippen molar-refractivity contribution < 1.29 is 0 Å². The first-order chi connectivity index (χ1) is 11.4. The highest BCUT2D eigenvalue weighted by Gasteiger charge is 2.12. The van der Waals surface area contributed by atoms with Crippen LogP contribution < -0.4 is 4.90 Å². The van der Waals surface area contributed by atoms with E-state index in [-0.39, 0.29) is 0 Å². The molecule has 0 saturated heterocycles. The van der Waals surface area contributed by atoms with Gasteiger partial charge in [-0.25, -0.2) is 0 Å². The van der Waals surface area contributed by atoms with E-state index in [0.29, 0.717) is 0 Å². The molecule has 4 aromatic rings. The van der Waals surface area contributed by atoms with Crippen molar-refractivity contribution in [1.29, 1.82) is 0 Å². The second kappa shape index (κ2) is 5.98. The topological polar surface area (TPSA) is 3.24 Å². The van der Waals surface area contributed by atoms with E-state index in [1.807, 2.05) is 12.1 Å². The molecule has 1 heteroatoms. The summed E-state index contributed by atoms with van der Waals surface area (Å²) < 4.78 is 0. The van der Waals surface area contributed by atoms with Crippen LogP contribution in [0.1, 0.15) is 0 Å². The Morgan fingerprint density at radius 1 is 0.522 bits per heavy atom. The molecule has 0 aliphatic rings. The van der Waals surface area contributed by atoms with Crippen LogP contribution in [0.5, 0.6) is 0 Å².